The Bertz CT molecular complexity index is 1090. The second-order valence-electron chi connectivity index (χ2n) is 6.01. The molecule has 0 aliphatic carbocycles. The van der Waals surface area contributed by atoms with E-state index in [-0.39, 0.29) is 22.7 Å². The summed E-state index contributed by atoms with van der Waals surface area (Å²) in [5.74, 6) is 0.593. The van der Waals surface area contributed by atoms with Gasteiger partial charge < -0.3 is 20.1 Å². The zero-order chi connectivity index (χ0) is 22.1. The van der Waals surface area contributed by atoms with Gasteiger partial charge in [-0.15, -0.1) is 0 Å². The molecule has 2 rings (SSSR count). The van der Waals surface area contributed by atoms with E-state index in [1.165, 1.54) is 31.4 Å². The van der Waals surface area contributed by atoms with Crippen molar-refractivity contribution in [3.8, 4) is 17.6 Å². The lowest BCUT2D eigenvalue weighted by Crippen LogP contribution is -2.27. The Hall–Kier alpha value is -3.55. The summed E-state index contributed by atoms with van der Waals surface area (Å²) in [5.41, 5.74) is 1.01. The fourth-order valence-corrected chi connectivity index (χ4v) is 3.03. The van der Waals surface area contributed by atoms with Crippen LogP contribution in [0.4, 0.5) is 5.69 Å². The van der Waals surface area contributed by atoms with Crippen LogP contribution >= 0.6 is 0 Å². The van der Waals surface area contributed by atoms with Crippen LogP contribution in [0, 0.1) is 11.3 Å². The molecule has 0 atom stereocenters. The van der Waals surface area contributed by atoms with Gasteiger partial charge in [0.25, 0.3) is 16.0 Å². The van der Waals surface area contributed by atoms with E-state index >= 15 is 0 Å². The number of rotatable bonds is 9. The SMILES string of the molecule is COc1ccc(CCNC(=O)/C(C#N)=C\Nc2cccc(S(=O)(=O)O)c2)cc1OC. The number of hydrogen-bond acceptors (Lipinski definition) is 7. The van der Waals surface area contributed by atoms with Crippen molar-refractivity contribution in [3.05, 3.63) is 59.8 Å². The van der Waals surface area contributed by atoms with Gasteiger partial charge >= 0.3 is 0 Å². The van der Waals surface area contributed by atoms with Crippen LogP contribution in [-0.4, -0.2) is 39.6 Å². The molecule has 0 aromatic heterocycles. The van der Waals surface area contributed by atoms with E-state index < -0.39 is 16.0 Å². The number of methoxy groups -OCH3 is 2. The third kappa shape index (κ3) is 6.23. The molecular weight excluding hydrogens is 410 g/mol. The van der Waals surface area contributed by atoms with Crippen molar-refractivity contribution < 1.29 is 27.2 Å². The lowest BCUT2D eigenvalue weighted by molar-refractivity contribution is -0.117. The minimum absolute atomic E-state index is 0.195. The highest BCUT2D eigenvalue weighted by Crippen LogP contribution is 2.27. The van der Waals surface area contributed by atoms with Crippen molar-refractivity contribution >= 4 is 21.7 Å². The van der Waals surface area contributed by atoms with Gasteiger partial charge in [0.1, 0.15) is 11.6 Å². The van der Waals surface area contributed by atoms with E-state index in [1.54, 1.807) is 25.3 Å². The van der Waals surface area contributed by atoms with Gasteiger partial charge in [0.15, 0.2) is 11.5 Å². The molecule has 2 aromatic carbocycles. The Labute approximate surface area is 174 Å². The molecule has 158 valence electrons. The zero-order valence-corrected chi connectivity index (χ0v) is 17.2. The standard InChI is InChI=1S/C20H21N3O6S/c1-28-18-7-6-14(10-19(18)29-2)8-9-22-20(24)15(12-21)13-23-16-4-3-5-17(11-16)30(25,26)27/h3-7,10-11,13,23H,8-9H2,1-2H3,(H,22,24)(H,25,26,27)/b15-13-. The van der Waals surface area contributed by atoms with Crippen LogP contribution in [0.3, 0.4) is 0 Å². The van der Waals surface area contributed by atoms with E-state index in [0.29, 0.717) is 17.9 Å². The fourth-order valence-electron chi connectivity index (χ4n) is 2.50. The Kier molecular flexibility index (Phi) is 7.80. The molecule has 1 amide bonds. The number of nitrogens with zero attached hydrogens (tertiary/aromatic N) is 1. The number of ether oxygens (including phenoxy) is 2. The van der Waals surface area contributed by atoms with Crippen molar-refractivity contribution in [2.75, 3.05) is 26.1 Å². The summed E-state index contributed by atoms with van der Waals surface area (Å²) < 4.78 is 41.9. The second kappa shape index (κ2) is 10.3. The first-order valence-electron chi connectivity index (χ1n) is 8.72. The predicted molar refractivity (Wildman–Crippen MR) is 110 cm³/mol. The minimum Gasteiger partial charge on any atom is -0.493 e. The summed E-state index contributed by atoms with van der Waals surface area (Å²) in [7, 11) is -1.28. The highest BCUT2D eigenvalue weighted by atomic mass is 32.2. The number of hydrogen-bond donors (Lipinski definition) is 3. The van der Waals surface area contributed by atoms with Crippen LogP contribution in [0.15, 0.2) is 59.1 Å². The first kappa shape index (κ1) is 22.7. The number of benzene rings is 2. The van der Waals surface area contributed by atoms with Crippen molar-refractivity contribution in [2.45, 2.75) is 11.3 Å². The summed E-state index contributed by atoms with van der Waals surface area (Å²) >= 11 is 0. The van der Waals surface area contributed by atoms with E-state index in [9.17, 15) is 18.5 Å². The number of anilines is 1. The smallest absolute Gasteiger partial charge is 0.294 e. The summed E-state index contributed by atoms with van der Waals surface area (Å²) in [6.45, 7) is 0.283. The van der Waals surface area contributed by atoms with Crippen LogP contribution < -0.4 is 20.1 Å². The third-order valence-corrected chi connectivity index (χ3v) is 4.88. The number of amides is 1. The van der Waals surface area contributed by atoms with Gasteiger partial charge in [-0.25, -0.2) is 0 Å². The molecule has 0 unspecified atom stereocenters. The molecule has 30 heavy (non-hydrogen) atoms. The van der Waals surface area contributed by atoms with Crippen molar-refractivity contribution in [3.63, 3.8) is 0 Å². The molecule has 0 fully saturated rings. The largest absolute Gasteiger partial charge is 0.493 e. The number of nitriles is 1. The summed E-state index contributed by atoms with van der Waals surface area (Å²) in [5, 5.41) is 14.5. The van der Waals surface area contributed by atoms with E-state index in [4.69, 9.17) is 14.0 Å². The first-order chi connectivity index (χ1) is 14.3. The highest BCUT2D eigenvalue weighted by Gasteiger charge is 2.11. The fraction of sp³-hybridized carbons (Fsp3) is 0.200. The van der Waals surface area contributed by atoms with Gasteiger partial charge in [0.2, 0.25) is 0 Å². The lowest BCUT2D eigenvalue weighted by Gasteiger charge is -2.10. The Morgan fingerprint density at radius 1 is 1.17 bits per heavy atom. The minimum atomic E-state index is -4.36. The van der Waals surface area contributed by atoms with E-state index in [2.05, 4.69) is 10.6 Å². The molecule has 9 nitrogen and oxygen atoms in total. The maximum Gasteiger partial charge on any atom is 0.294 e. The molecule has 0 saturated carbocycles. The maximum atomic E-state index is 12.2. The summed E-state index contributed by atoms with van der Waals surface area (Å²) in [6.07, 6.45) is 1.67. The molecule has 0 radical (unpaired) electrons. The van der Waals surface area contributed by atoms with Crippen LogP contribution in [0.2, 0.25) is 0 Å². The maximum absolute atomic E-state index is 12.2. The van der Waals surface area contributed by atoms with Crippen molar-refractivity contribution in [1.29, 1.82) is 5.26 Å². The first-order valence-corrected chi connectivity index (χ1v) is 10.2. The Balaban J connectivity index is 1.98. The molecule has 0 heterocycles. The summed E-state index contributed by atoms with van der Waals surface area (Å²) in [4.78, 5) is 11.9. The van der Waals surface area contributed by atoms with Gasteiger partial charge in [-0.1, -0.05) is 12.1 Å². The van der Waals surface area contributed by atoms with Crippen LogP contribution in [0.1, 0.15) is 5.56 Å². The topological polar surface area (TPSA) is 138 Å². The quantitative estimate of drug-likeness (QED) is 0.312. The van der Waals surface area contributed by atoms with E-state index in [1.807, 2.05) is 6.07 Å². The monoisotopic (exact) mass is 431 g/mol. The van der Waals surface area contributed by atoms with Crippen LogP contribution in [0.25, 0.3) is 0 Å². The lowest BCUT2D eigenvalue weighted by atomic mass is 10.1. The molecule has 3 N–H and O–H groups in total. The molecule has 2 aromatic rings. The predicted octanol–water partition coefficient (Wildman–Crippen LogP) is 2.13. The van der Waals surface area contributed by atoms with Gasteiger partial charge in [-0.3, -0.25) is 9.35 Å². The molecule has 10 heteroatoms. The summed E-state index contributed by atoms with van der Waals surface area (Å²) in [6, 6.07) is 12.5. The average Bonchev–Trinajstić information content (AvgIpc) is 2.73. The molecule has 0 spiro atoms. The molecular formula is C20H21N3O6S. The average molecular weight is 431 g/mol. The molecule has 0 aliphatic rings. The molecule has 0 saturated heterocycles. The Morgan fingerprint density at radius 2 is 1.90 bits per heavy atom. The van der Waals surface area contributed by atoms with E-state index in [0.717, 1.165) is 11.8 Å². The van der Waals surface area contributed by atoms with Gasteiger partial charge in [-0.2, -0.15) is 13.7 Å². The van der Waals surface area contributed by atoms with Crippen LogP contribution in [0.5, 0.6) is 11.5 Å². The second-order valence-corrected chi connectivity index (χ2v) is 7.43. The molecule has 0 bridgehead atoms. The molecule has 0 aliphatic heterocycles. The number of carbonyl (C=O) groups excluding carboxylic acids is 1. The normalized spacial score (nSPS) is 11.3. The number of nitrogens with one attached hydrogen (secondary N) is 2. The van der Waals surface area contributed by atoms with Crippen LogP contribution in [-0.2, 0) is 21.3 Å². The van der Waals surface area contributed by atoms with Crippen molar-refractivity contribution in [1.82, 2.24) is 5.32 Å². The number of carbonyl (C=O) groups is 1. The third-order valence-electron chi connectivity index (χ3n) is 4.03. The van der Waals surface area contributed by atoms with Gasteiger partial charge in [0, 0.05) is 18.4 Å². The zero-order valence-electron chi connectivity index (χ0n) is 16.4. The Morgan fingerprint density at radius 3 is 2.53 bits per heavy atom. The van der Waals surface area contributed by atoms with Crippen molar-refractivity contribution in [2.24, 2.45) is 0 Å². The highest BCUT2D eigenvalue weighted by molar-refractivity contribution is 7.85. The van der Waals surface area contributed by atoms with Gasteiger partial charge in [0.05, 0.1) is 19.1 Å². The van der Waals surface area contributed by atoms with Gasteiger partial charge in [-0.05, 0) is 42.3 Å².